The third-order valence-electron chi connectivity index (χ3n) is 11.4. The lowest BCUT2D eigenvalue weighted by Gasteiger charge is -2.24. The molecule has 0 fully saturated rings. The Balaban J connectivity index is 4.61. The summed E-state index contributed by atoms with van der Waals surface area (Å²) in [6, 6.07) is -0.715. The predicted octanol–water partition coefficient (Wildman–Crippen LogP) is 15.1. The topological polar surface area (TPSA) is 95.9 Å². The molecule has 59 heavy (non-hydrogen) atoms. The lowest BCUT2D eigenvalue weighted by atomic mass is 10.0. The molecule has 0 spiro atoms. The van der Waals surface area contributed by atoms with Gasteiger partial charge in [-0.25, -0.2) is 0 Å². The van der Waals surface area contributed by atoms with Gasteiger partial charge in [-0.2, -0.15) is 0 Å². The number of hydrogen-bond acceptors (Lipinski definition) is 5. The van der Waals surface area contributed by atoms with E-state index in [1.807, 2.05) is 0 Å². The van der Waals surface area contributed by atoms with Gasteiger partial charge in [-0.05, 0) is 83.5 Å². The zero-order valence-electron chi connectivity index (χ0n) is 39.1. The number of nitrogens with one attached hydrogen (secondary N) is 1. The Bertz CT molecular complexity index is 1020. The first-order chi connectivity index (χ1) is 29.0. The number of carbonyl (C=O) groups is 2. The molecule has 0 aromatic carbocycles. The number of amides is 1. The van der Waals surface area contributed by atoms with E-state index in [-0.39, 0.29) is 24.9 Å². The predicted molar refractivity (Wildman–Crippen MR) is 255 cm³/mol. The molecule has 3 unspecified atom stereocenters. The lowest BCUT2D eigenvalue weighted by molar-refractivity contribution is -0.151. The van der Waals surface area contributed by atoms with Crippen LogP contribution >= 0.6 is 0 Å². The molecule has 0 saturated carbocycles. The van der Waals surface area contributed by atoms with Crippen LogP contribution in [0.2, 0.25) is 0 Å². The van der Waals surface area contributed by atoms with Crippen molar-refractivity contribution in [3.05, 3.63) is 48.6 Å². The van der Waals surface area contributed by atoms with Gasteiger partial charge < -0.3 is 20.3 Å². The molecule has 0 saturated heterocycles. The molecule has 344 valence electrons. The molecule has 0 heterocycles. The van der Waals surface area contributed by atoms with E-state index in [0.717, 1.165) is 89.9 Å². The summed E-state index contributed by atoms with van der Waals surface area (Å²) >= 11 is 0. The molecule has 6 heteroatoms. The number of allylic oxidation sites excluding steroid dienone is 8. The van der Waals surface area contributed by atoms with Crippen molar-refractivity contribution in [1.82, 2.24) is 5.32 Å². The third-order valence-corrected chi connectivity index (χ3v) is 11.4. The fourth-order valence-corrected chi connectivity index (χ4v) is 7.56. The third kappa shape index (κ3) is 42.3. The van der Waals surface area contributed by atoms with Gasteiger partial charge >= 0.3 is 5.97 Å². The van der Waals surface area contributed by atoms with Crippen molar-refractivity contribution in [2.75, 3.05) is 6.61 Å². The van der Waals surface area contributed by atoms with Crippen molar-refractivity contribution in [1.29, 1.82) is 0 Å². The Morgan fingerprint density at radius 1 is 0.508 bits per heavy atom. The van der Waals surface area contributed by atoms with Gasteiger partial charge in [-0.1, -0.05) is 204 Å². The van der Waals surface area contributed by atoms with Crippen LogP contribution in [-0.4, -0.2) is 46.9 Å². The first-order valence-corrected chi connectivity index (χ1v) is 25.4. The SMILES string of the molecule is CC/C=C/C/C=C/C/C=C/CCCCC(CC(=O)NC(CO)C(O)CCCCCCCCCCCCCCCC)OC(=O)CCCCC/C=C\CCCCCCCCC. The number of aliphatic hydroxyl groups excluding tert-OH is 2. The number of hydrogen-bond donors (Lipinski definition) is 3. The summed E-state index contributed by atoms with van der Waals surface area (Å²) < 4.78 is 5.90. The minimum absolute atomic E-state index is 0.0461. The number of esters is 1. The summed E-state index contributed by atoms with van der Waals surface area (Å²) in [5, 5.41) is 23.7. The molecule has 0 aromatic rings. The van der Waals surface area contributed by atoms with Crippen LogP contribution in [0, 0.1) is 0 Å². The zero-order chi connectivity index (χ0) is 43.1. The van der Waals surface area contributed by atoms with E-state index >= 15 is 0 Å². The average Bonchev–Trinajstić information content (AvgIpc) is 3.23. The number of rotatable bonds is 45. The summed E-state index contributed by atoms with van der Waals surface area (Å²) in [4.78, 5) is 26.1. The van der Waals surface area contributed by atoms with Crippen LogP contribution in [0.1, 0.15) is 252 Å². The number of carbonyl (C=O) groups excluding carboxylic acids is 2. The van der Waals surface area contributed by atoms with E-state index in [9.17, 15) is 19.8 Å². The minimum Gasteiger partial charge on any atom is -0.462 e. The van der Waals surface area contributed by atoms with E-state index in [4.69, 9.17) is 4.74 Å². The van der Waals surface area contributed by atoms with E-state index in [0.29, 0.717) is 19.3 Å². The molecule has 0 aromatic heterocycles. The smallest absolute Gasteiger partial charge is 0.306 e. The van der Waals surface area contributed by atoms with E-state index in [1.54, 1.807) is 0 Å². The van der Waals surface area contributed by atoms with Crippen molar-refractivity contribution in [3.63, 3.8) is 0 Å². The van der Waals surface area contributed by atoms with Crippen LogP contribution in [0.5, 0.6) is 0 Å². The highest BCUT2D eigenvalue weighted by Crippen LogP contribution is 2.17. The number of unbranched alkanes of at least 4 members (excludes halogenated alkanes) is 25. The monoisotopic (exact) mass is 828 g/mol. The van der Waals surface area contributed by atoms with Gasteiger partial charge in [0.05, 0.1) is 25.2 Å². The highest BCUT2D eigenvalue weighted by molar-refractivity contribution is 5.77. The van der Waals surface area contributed by atoms with Crippen molar-refractivity contribution >= 4 is 11.9 Å². The summed E-state index contributed by atoms with van der Waals surface area (Å²) in [7, 11) is 0. The van der Waals surface area contributed by atoms with Gasteiger partial charge in [-0.15, -0.1) is 0 Å². The fourth-order valence-electron chi connectivity index (χ4n) is 7.56. The molecule has 0 aliphatic carbocycles. The van der Waals surface area contributed by atoms with E-state index in [2.05, 4.69) is 74.7 Å². The van der Waals surface area contributed by atoms with Crippen LogP contribution in [0.3, 0.4) is 0 Å². The maximum absolute atomic E-state index is 13.2. The summed E-state index contributed by atoms with van der Waals surface area (Å²) in [6.07, 6.45) is 56.0. The van der Waals surface area contributed by atoms with Crippen molar-refractivity contribution in [2.45, 2.75) is 270 Å². The molecule has 6 nitrogen and oxygen atoms in total. The summed E-state index contributed by atoms with van der Waals surface area (Å²) in [5.74, 6) is -0.528. The highest BCUT2D eigenvalue weighted by atomic mass is 16.5. The quantitative estimate of drug-likeness (QED) is 0.0323. The first-order valence-electron chi connectivity index (χ1n) is 25.4. The molecular formula is C53H97NO5. The Morgan fingerprint density at radius 3 is 1.42 bits per heavy atom. The second-order valence-electron chi connectivity index (χ2n) is 17.2. The van der Waals surface area contributed by atoms with E-state index < -0.39 is 18.2 Å². The van der Waals surface area contributed by atoms with E-state index in [1.165, 1.54) is 116 Å². The van der Waals surface area contributed by atoms with Crippen LogP contribution in [-0.2, 0) is 14.3 Å². The average molecular weight is 828 g/mol. The van der Waals surface area contributed by atoms with Gasteiger partial charge in [0, 0.05) is 6.42 Å². The maximum Gasteiger partial charge on any atom is 0.306 e. The van der Waals surface area contributed by atoms with Crippen molar-refractivity contribution < 1.29 is 24.5 Å². The van der Waals surface area contributed by atoms with Crippen molar-refractivity contribution in [3.8, 4) is 0 Å². The fraction of sp³-hybridized carbons (Fsp3) is 0.811. The molecule has 0 radical (unpaired) electrons. The molecule has 0 aliphatic rings. The Morgan fingerprint density at radius 2 is 0.915 bits per heavy atom. The Labute approximate surface area is 366 Å². The molecule has 3 atom stereocenters. The Kier molecular flexibility index (Phi) is 45.1. The maximum atomic E-state index is 13.2. The minimum atomic E-state index is -0.799. The zero-order valence-corrected chi connectivity index (χ0v) is 39.1. The molecule has 3 N–H and O–H groups in total. The van der Waals surface area contributed by atoms with Gasteiger partial charge in [-0.3, -0.25) is 9.59 Å². The lowest BCUT2D eigenvalue weighted by Crippen LogP contribution is -2.46. The van der Waals surface area contributed by atoms with Gasteiger partial charge in [0.1, 0.15) is 6.10 Å². The second-order valence-corrected chi connectivity index (χ2v) is 17.2. The number of ether oxygens (including phenoxy) is 1. The normalized spacial score (nSPS) is 13.6. The van der Waals surface area contributed by atoms with Crippen molar-refractivity contribution in [2.24, 2.45) is 0 Å². The second kappa shape index (κ2) is 46.9. The molecule has 0 aliphatic heterocycles. The van der Waals surface area contributed by atoms with Crippen LogP contribution in [0.25, 0.3) is 0 Å². The molecule has 0 rings (SSSR count). The Hall–Kier alpha value is -2.18. The van der Waals surface area contributed by atoms with Crippen LogP contribution in [0.15, 0.2) is 48.6 Å². The van der Waals surface area contributed by atoms with Crippen LogP contribution < -0.4 is 5.32 Å². The standard InChI is InChI=1S/C53H97NO5/c1-4-7-10-13-16-19-22-25-27-30-33-36-39-42-45-51(56)50(48-55)54-52(57)47-49(44-41-38-35-32-29-24-21-18-15-12-9-6-3)59-53(58)46-43-40-37-34-31-28-26-23-20-17-14-11-8-5-2/h9,12,18,21,28-29,31-32,49-51,55-56H,4-8,10-11,13-17,19-20,22-27,30,33-48H2,1-3H3,(H,54,57)/b12-9+,21-18+,31-28-,32-29+. The van der Waals surface area contributed by atoms with Gasteiger partial charge in [0.2, 0.25) is 5.91 Å². The molecule has 0 bridgehead atoms. The summed E-state index contributed by atoms with van der Waals surface area (Å²) in [6.45, 7) is 6.35. The largest absolute Gasteiger partial charge is 0.462 e. The number of aliphatic hydroxyl groups is 2. The molecular weight excluding hydrogens is 731 g/mol. The highest BCUT2D eigenvalue weighted by Gasteiger charge is 2.24. The van der Waals surface area contributed by atoms with Crippen LogP contribution in [0.4, 0.5) is 0 Å². The van der Waals surface area contributed by atoms with Gasteiger partial charge in [0.15, 0.2) is 0 Å². The summed E-state index contributed by atoms with van der Waals surface area (Å²) in [5.41, 5.74) is 0. The molecule has 1 amide bonds. The first kappa shape index (κ1) is 56.8. The van der Waals surface area contributed by atoms with Gasteiger partial charge in [0.25, 0.3) is 0 Å².